The number of esters is 1. The third kappa shape index (κ3) is 3.98. The Morgan fingerprint density at radius 2 is 1.50 bits per heavy atom. The summed E-state index contributed by atoms with van der Waals surface area (Å²) in [4.78, 5) is 24.2. The maximum absolute atomic E-state index is 13.7. The molecule has 5 heteroatoms. The van der Waals surface area contributed by atoms with Crippen molar-refractivity contribution in [2.45, 2.75) is 0 Å². The molecule has 0 unspecified atom stereocenters. The van der Waals surface area contributed by atoms with Gasteiger partial charge in [-0.3, -0.25) is 4.79 Å². The van der Waals surface area contributed by atoms with Crippen molar-refractivity contribution in [3.05, 3.63) is 94.8 Å². The first kappa shape index (κ1) is 17.8. The molecule has 0 aliphatic rings. The zero-order valence-electron chi connectivity index (χ0n) is 13.6. The number of hydrogen-bond donors (Lipinski definition) is 0. The highest BCUT2D eigenvalue weighted by Crippen LogP contribution is 2.21. The van der Waals surface area contributed by atoms with E-state index >= 15 is 0 Å². The minimum absolute atomic E-state index is 0.0605. The van der Waals surface area contributed by atoms with Gasteiger partial charge in [0.05, 0.1) is 5.02 Å². The topological polar surface area (TPSA) is 43.4 Å². The highest BCUT2D eigenvalue weighted by Gasteiger charge is 2.18. The number of ether oxygens (including phenoxy) is 1. The van der Waals surface area contributed by atoms with Gasteiger partial charge in [-0.05, 0) is 23.3 Å². The molecule has 0 saturated carbocycles. The van der Waals surface area contributed by atoms with E-state index in [9.17, 15) is 14.0 Å². The fourth-order valence-corrected chi connectivity index (χ4v) is 2.70. The van der Waals surface area contributed by atoms with Gasteiger partial charge in [0.1, 0.15) is 11.4 Å². The number of hydrogen-bond acceptors (Lipinski definition) is 3. The first-order chi connectivity index (χ1) is 12.6. The van der Waals surface area contributed by atoms with Crippen LogP contribution in [-0.4, -0.2) is 18.4 Å². The third-order valence-corrected chi connectivity index (χ3v) is 4.13. The van der Waals surface area contributed by atoms with Gasteiger partial charge in [-0.25, -0.2) is 9.18 Å². The van der Waals surface area contributed by atoms with Gasteiger partial charge in [-0.1, -0.05) is 72.3 Å². The van der Waals surface area contributed by atoms with E-state index in [-0.39, 0.29) is 16.4 Å². The largest absolute Gasteiger partial charge is 0.454 e. The van der Waals surface area contributed by atoms with Crippen molar-refractivity contribution in [3.8, 4) is 11.1 Å². The van der Waals surface area contributed by atoms with Gasteiger partial charge < -0.3 is 4.74 Å². The Hall–Kier alpha value is -2.98. The zero-order valence-corrected chi connectivity index (χ0v) is 14.4. The molecule has 0 heterocycles. The molecule has 0 saturated heterocycles. The highest BCUT2D eigenvalue weighted by molar-refractivity contribution is 6.33. The molecule has 0 aliphatic heterocycles. The Morgan fingerprint density at radius 1 is 0.846 bits per heavy atom. The zero-order chi connectivity index (χ0) is 18.5. The standard InChI is InChI=1S/C21H14ClFO3/c22-17-7-4-8-18(23)20(17)21(25)26-13-19(24)16-11-9-15(10-12-16)14-5-2-1-3-6-14/h1-12H,13H2. The molecule has 0 aliphatic carbocycles. The molecule has 0 N–H and O–H groups in total. The summed E-state index contributed by atoms with van der Waals surface area (Å²) in [6, 6.07) is 20.6. The van der Waals surface area contributed by atoms with Crippen LogP contribution in [0.1, 0.15) is 20.7 Å². The first-order valence-electron chi connectivity index (χ1n) is 7.86. The Balaban J connectivity index is 1.66. The average Bonchev–Trinajstić information content (AvgIpc) is 2.67. The average molecular weight is 369 g/mol. The van der Waals surface area contributed by atoms with Gasteiger partial charge >= 0.3 is 5.97 Å². The van der Waals surface area contributed by atoms with Crippen molar-refractivity contribution in [3.63, 3.8) is 0 Å². The van der Waals surface area contributed by atoms with E-state index in [2.05, 4.69) is 0 Å². The lowest BCUT2D eigenvalue weighted by Gasteiger charge is -2.07. The minimum atomic E-state index is -0.970. The van der Waals surface area contributed by atoms with E-state index < -0.39 is 18.4 Å². The van der Waals surface area contributed by atoms with Crippen LogP contribution in [0.4, 0.5) is 4.39 Å². The number of halogens is 2. The fraction of sp³-hybridized carbons (Fsp3) is 0.0476. The fourth-order valence-electron chi connectivity index (χ4n) is 2.46. The van der Waals surface area contributed by atoms with Crippen LogP contribution in [0.15, 0.2) is 72.8 Å². The second-order valence-corrected chi connectivity index (χ2v) is 5.95. The van der Waals surface area contributed by atoms with Crippen LogP contribution in [0.25, 0.3) is 11.1 Å². The van der Waals surface area contributed by atoms with Crippen LogP contribution in [0, 0.1) is 5.82 Å². The summed E-state index contributed by atoms with van der Waals surface area (Å²) in [6.07, 6.45) is 0. The summed E-state index contributed by atoms with van der Waals surface area (Å²) in [7, 11) is 0. The van der Waals surface area contributed by atoms with Crippen LogP contribution in [-0.2, 0) is 4.74 Å². The second kappa shape index (κ2) is 7.93. The van der Waals surface area contributed by atoms with E-state index in [1.54, 1.807) is 12.1 Å². The van der Waals surface area contributed by atoms with Gasteiger partial charge in [0.25, 0.3) is 0 Å². The molecule has 0 radical (unpaired) electrons. The Kier molecular flexibility index (Phi) is 5.44. The third-order valence-electron chi connectivity index (χ3n) is 3.82. The van der Waals surface area contributed by atoms with Crippen molar-refractivity contribution in [1.29, 1.82) is 0 Å². The van der Waals surface area contributed by atoms with Crippen LogP contribution in [0.3, 0.4) is 0 Å². The SMILES string of the molecule is O=C(COC(=O)c1c(F)cccc1Cl)c1ccc(-c2ccccc2)cc1. The number of carbonyl (C=O) groups excluding carboxylic acids is 2. The molecule has 0 atom stereocenters. The number of ketones is 1. The summed E-state index contributed by atoms with van der Waals surface area (Å²) in [5.74, 6) is -2.14. The molecule has 130 valence electrons. The Bertz CT molecular complexity index is 917. The quantitative estimate of drug-likeness (QED) is 0.460. The highest BCUT2D eigenvalue weighted by atomic mass is 35.5. The monoisotopic (exact) mass is 368 g/mol. The van der Waals surface area contributed by atoms with Crippen molar-refractivity contribution >= 4 is 23.4 Å². The summed E-state index contributed by atoms with van der Waals surface area (Å²) in [5.41, 5.74) is 2.03. The van der Waals surface area contributed by atoms with Crippen molar-refractivity contribution < 1.29 is 18.7 Å². The Labute approximate surface area is 155 Å². The second-order valence-electron chi connectivity index (χ2n) is 5.54. The lowest BCUT2D eigenvalue weighted by molar-refractivity contribution is 0.0470. The maximum atomic E-state index is 13.7. The number of rotatable bonds is 5. The van der Waals surface area contributed by atoms with E-state index in [0.29, 0.717) is 5.56 Å². The van der Waals surface area contributed by atoms with Gasteiger partial charge in [-0.2, -0.15) is 0 Å². The summed E-state index contributed by atoms with van der Waals surface area (Å²) in [6.45, 7) is -0.492. The number of Topliss-reactive ketones (excluding diaryl/α,β-unsaturated/α-hetero) is 1. The number of benzene rings is 3. The molecule has 0 amide bonds. The lowest BCUT2D eigenvalue weighted by Crippen LogP contribution is -2.15. The molecule has 0 bridgehead atoms. The minimum Gasteiger partial charge on any atom is -0.454 e. The molecular weight excluding hydrogens is 355 g/mol. The molecule has 3 rings (SSSR count). The summed E-state index contributed by atoms with van der Waals surface area (Å²) >= 11 is 5.81. The molecule has 3 nitrogen and oxygen atoms in total. The van der Waals surface area contributed by atoms with Gasteiger partial charge in [-0.15, -0.1) is 0 Å². The molecule has 3 aromatic rings. The molecule has 0 aromatic heterocycles. The van der Waals surface area contributed by atoms with Crippen molar-refractivity contribution in [2.24, 2.45) is 0 Å². The molecule has 0 fully saturated rings. The van der Waals surface area contributed by atoms with Crippen LogP contribution in [0.2, 0.25) is 5.02 Å². The van der Waals surface area contributed by atoms with E-state index in [1.807, 2.05) is 42.5 Å². The van der Waals surface area contributed by atoms with Gasteiger partial charge in [0, 0.05) is 5.56 Å². The Morgan fingerprint density at radius 3 is 2.15 bits per heavy atom. The summed E-state index contributed by atoms with van der Waals surface area (Å²) < 4.78 is 18.6. The van der Waals surface area contributed by atoms with Crippen molar-refractivity contribution in [1.82, 2.24) is 0 Å². The first-order valence-corrected chi connectivity index (χ1v) is 8.24. The molecule has 26 heavy (non-hydrogen) atoms. The van der Waals surface area contributed by atoms with Crippen molar-refractivity contribution in [2.75, 3.05) is 6.61 Å². The van der Waals surface area contributed by atoms with Crippen LogP contribution in [0.5, 0.6) is 0 Å². The van der Waals surface area contributed by atoms with E-state index in [4.69, 9.17) is 16.3 Å². The predicted molar refractivity (Wildman–Crippen MR) is 97.9 cm³/mol. The molecular formula is C21H14ClFO3. The van der Waals surface area contributed by atoms with Gasteiger partial charge in [0.15, 0.2) is 12.4 Å². The smallest absolute Gasteiger partial charge is 0.343 e. The number of carbonyl (C=O) groups is 2. The van der Waals surface area contributed by atoms with E-state index in [0.717, 1.165) is 17.2 Å². The lowest BCUT2D eigenvalue weighted by atomic mass is 10.0. The summed E-state index contributed by atoms with van der Waals surface area (Å²) in [5, 5.41) is -0.0605. The van der Waals surface area contributed by atoms with Gasteiger partial charge in [0.2, 0.25) is 0 Å². The van der Waals surface area contributed by atoms with E-state index in [1.165, 1.54) is 12.1 Å². The predicted octanol–water partition coefficient (Wildman–Crippen LogP) is 5.19. The van der Waals surface area contributed by atoms with Crippen LogP contribution >= 0.6 is 11.6 Å². The molecule has 3 aromatic carbocycles. The maximum Gasteiger partial charge on any atom is 0.343 e. The van der Waals surface area contributed by atoms with Crippen LogP contribution < -0.4 is 0 Å². The molecule has 0 spiro atoms. The normalized spacial score (nSPS) is 10.4.